The summed E-state index contributed by atoms with van der Waals surface area (Å²) in [4.78, 5) is 4.19. The third-order valence-corrected chi connectivity index (χ3v) is 5.29. The van der Waals surface area contributed by atoms with Crippen molar-refractivity contribution in [3.05, 3.63) is 83.7 Å². The molecule has 132 valence electrons. The van der Waals surface area contributed by atoms with Gasteiger partial charge in [0.2, 0.25) is 10.0 Å². The van der Waals surface area contributed by atoms with E-state index in [-0.39, 0.29) is 10.5 Å². The Balaban J connectivity index is 2.04. The van der Waals surface area contributed by atoms with Gasteiger partial charge in [-0.1, -0.05) is 18.2 Å². The van der Waals surface area contributed by atoms with Gasteiger partial charge in [-0.3, -0.25) is 0 Å². The highest BCUT2D eigenvalue weighted by molar-refractivity contribution is 7.89. The molecule has 0 amide bonds. The van der Waals surface area contributed by atoms with Crippen molar-refractivity contribution in [2.45, 2.75) is 10.9 Å². The Kier molecular flexibility index (Phi) is 4.84. The lowest BCUT2D eigenvalue weighted by molar-refractivity contribution is 0.562. The van der Waals surface area contributed by atoms with Crippen LogP contribution in [0.2, 0.25) is 0 Å². The highest BCUT2D eigenvalue weighted by Gasteiger charge is 2.26. The van der Waals surface area contributed by atoms with Crippen LogP contribution in [0.5, 0.6) is 0 Å². The van der Waals surface area contributed by atoms with Crippen LogP contribution in [0.3, 0.4) is 0 Å². The summed E-state index contributed by atoms with van der Waals surface area (Å²) in [6.07, 6.45) is 3.24. The van der Waals surface area contributed by atoms with Crippen molar-refractivity contribution in [1.29, 1.82) is 5.26 Å². The van der Waals surface area contributed by atoms with E-state index in [2.05, 4.69) is 9.71 Å². The number of halogens is 1. The van der Waals surface area contributed by atoms with E-state index in [1.54, 1.807) is 24.0 Å². The second-order valence-electron chi connectivity index (χ2n) is 5.64. The molecule has 2 aromatic carbocycles. The molecular weight excluding hydrogens is 355 g/mol. The molecule has 1 atom stereocenters. The fourth-order valence-corrected chi connectivity index (χ4v) is 3.76. The van der Waals surface area contributed by atoms with E-state index in [0.717, 1.165) is 0 Å². The van der Waals surface area contributed by atoms with Crippen molar-refractivity contribution in [2.75, 3.05) is 0 Å². The van der Waals surface area contributed by atoms with Gasteiger partial charge >= 0.3 is 0 Å². The highest BCUT2D eigenvalue weighted by atomic mass is 32.2. The summed E-state index contributed by atoms with van der Waals surface area (Å²) in [5.41, 5.74) is 0.781. The van der Waals surface area contributed by atoms with Crippen LogP contribution < -0.4 is 4.72 Å². The molecule has 3 aromatic rings. The van der Waals surface area contributed by atoms with Gasteiger partial charge in [0.05, 0.1) is 16.5 Å². The van der Waals surface area contributed by atoms with Gasteiger partial charge in [0, 0.05) is 19.4 Å². The molecule has 3 rings (SSSR count). The highest BCUT2D eigenvalue weighted by Crippen LogP contribution is 2.24. The molecule has 0 saturated heterocycles. The molecule has 0 aliphatic heterocycles. The Morgan fingerprint density at radius 2 is 1.96 bits per heavy atom. The summed E-state index contributed by atoms with van der Waals surface area (Å²) >= 11 is 0. The molecule has 1 aromatic heterocycles. The molecule has 8 heteroatoms. The van der Waals surface area contributed by atoms with Crippen LogP contribution in [-0.4, -0.2) is 18.0 Å². The summed E-state index contributed by atoms with van der Waals surface area (Å²) in [6, 6.07) is 12.4. The Bertz CT molecular complexity index is 1070. The molecule has 1 N–H and O–H groups in total. The predicted molar refractivity (Wildman–Crippen MR) is 92.9 cm³/mol. The van der Waals surface area contributed by atoms with E-state index < -0.39 is 21.9 Å². The number of aryl methyl sites for hydroxylation is 1. The topological polar surface area (TPSA) is 87.8 Å². The molecule has 0 aliphatic carbocycles. The van der Waals surface area contributed by atoms with E-state index >= 15 is 0 Å². The lowest BCUT2D eigenvalue weighted by Crippen LogP contribution is -2.31. The number of aromatic nitrogens is 2. The molecule has 0 saturated carbocycles. The quantitative estimate of drug-likeness (QED) is 0.747. The minimum absolute atomic E-state index is 0.0297. The molecular formula is C18H15FN4O2S. The first-order valence-electron chi connectivity index (χ1n) is 7.66. The van der Waals surface area contributed by atoms with E-state index in [1.165, 1.54) is 48.5 Å². The summed E-state index contributed by atoms with van der Waals surface area (Å²) in [7, 11) is -2.20. The van der Waals surface area contributed by atoms with Crippen molar-refractivity contribution in [1.82, 2.24) is 14.3 Å². The van der Waals surface area contributed by atoms with E-state index in [0.29, 0.717) is 11.4 Å². The van der Waals surface area contributed by atoms with Crippen LogP contribution in [-0.2, 0) is 17.1 Å². The van der Waals surface area contributed by atoms with Crippen molar-refractivity contribution in [3.63, 3.8) is 0 Å². The van der Waals surface area contributed by atoms with Crippen LogP contribution >= 0.6 is 0 Å². The fourth-order valence-electron chi connectivity index (χ4n) is 2.54. The average molecular weight is 370 g/mol. The minimum atomic E-state index is -3.94. The van der Waals surface area contributed by atoms with Gasteiger partial charge < -0.3 is 4.57 Å². The zero-order valence-electron chi connectivity index (χ0n) is 13.8. The van der Waals surface area contributed by atoms with Crippen molar-refractivity contribution >= 4 is 10.0 Å². The van der Waals surface area contributed by atoms with Crippen LogP contribution in [0.4, 0.5) is 4.39 Å². The molecule has 0 spiro atoms. The predicted octanol–water partition coefficient (Wildman–Crippen LogP) is 2.50. The maximum atomic E-state index is 13.3. The van der Waals surface area contributed by atoms with Gasteiger partial charge in [-0.25, -0.2) is 17.8 Å². The number of hydrogen-bond donors (Lipinski definition) is 1. The lowest BCUT2D eigenvalue weighted by Gasteiger charge is -2.19. The van der Waals surface area contributed by atoms with E-state index in [9.17, 15) is 12.8 Å². The van der Waals surface area contributed by atoms with Crippen molar-refractivity contribution < 1.29 is 12.8 Å². The van der Waals surface area contributed by atoms with Crippen LogP contribution in [0.25, 0.3) is 0 Å². The van der Waals surface area contributed by atoms with Gasteiger partial charge in [0.15, 0.2) is 0 Å². The van der Waals surface area contributed by atoms with Gasteiger partial charge in [-0.05, 0) is 35.9 Å². The average Bonchev–Trinajstić information content (AvgIpc) is 3.06. The SMILES string of the molecule is Cn1ccnc1C(NS(=O)(=O)c1cccc(C#N)c1)c1ccc(F)cc1. The maximum Gasteiger partial charge on any atom is 0.241 e. The van der Waals surface area contributed by atoms with Gasteiger partial charge in [-0.15, -0.1) is 0 Å². The number of imidazole rings is 1. The van der Waals surface area contributed by atoms with Gasteiger partial charge in [0.25, 0.3) is 0 Å². The lowest BCUT2D eigenvalue weighted by atomic mass is 10.1. The number of sulfonamides is 1. The zero-order chi connectivity index (χ0) is 18.7. The number of benzene rings is 2. The molecule has 1 unspecified atom stereocenters. The number of nitrogens with one attached hydrogen (secondary N) is 1. The van der Waals surface area contributed by atoms with E-state index in [1.807, 2.05) is 6.07 Å². The molecule has 0 bridgehead atoms. The second-order valence-corrected chi connectivity index (χ2v) is 7.36. The summed E-state index contributed by atoms with van der Waals surface area (Å²) < 4.78 is 43.2. The third kappa shape index (κ3) is 3.64. The Morgan fingerprint density at radius 1 is 1.23 bits per heavy atom. The number of hydrogen-bond acceptors (Lipinski definition) is 4. The smallest absolute Gasteiger partial charge is 0.241 e. The Labute approximate surface area is 150 Å². The molecule has 0 fully saturated rings. The standard InChI is InChI=1S/C18H15FN4O2S/c1-23-10-9-21-18(23)17(14-5-7-15(19)8-6-14)22-26(24,25)16-4-2-3-13(11-16)12-20/h2-11,17,22H,1H3. The molecule has 0 aliphatic rings. The van der Waals surface area contributed by atoms with Gasteiger partial charge in [-0.2, -0.15) is 9.98 Å². The van der Waals surface area contributed by atoms with Crippen molar-refractivity contribution in [2.24, 2.45) is 7.05 Å². The van der Waals surface area contributed by atoms with Gasteiger partial charge in [0.1, 0.15) is 17.7 Å². The minimum Gasteiger partial charge on any atom is -0.336 e. The molecule has 26 heavy (non-hydrogen) atoms. The Hall–Kier alpha value is -3.02. The zero-order valence-corrected chi connectivity index (χ0v) is 14.6. The second kappa shape index (κ2) is 7.07. The largest absolute Gasteiger partial charge is 0.336 e. The van der Waals surface area contributed by atoms with Crippen LogP contribution in [0.15, 0.2) is 65.8 Å². The number of nitrogens with zero attached hydrogens (tertiary/aromatic N) is 3. The normalized spacial score (nSPS) is 12.5. The number of rotatable bonds is 5. The third-order valence-electron chi connectivity index (χ3n) is 3.87. The van der Waals surface area contributed by atoms with Crippen LogP contribution in [0.1, 0.15) is 23.0 Å². The fraction of sp³-hybridized carbons (Fsp3) is 0.111. The molecule has 0 radical (unpaired) electrons. The van der Waals surface area contributed by atoms with Crippen LogP contribution in [0, 0.1) is 17.1 Å². The summed E-state index contributed by atoms with van der Waals surface area (Å²) in [5, 5.41) is 8.99. The van der Waals surface area contributed by atoms with E-state index in [4.69, 9.17) is 5.26 Å². The summed E-state index contributed by atoms with van der Waals surface area (Å²) in [5.74, 6) is 0.0357. The summed E-state index contributed by atoms with van der Waals surface area (Å²) in [6.45, 7) is 0. The Morgan fingerprint density at radius 3 is 2.58 bits per heavy atom. The first-order valence-corrected chi connectivity index (χ1v) is 9.14. The maximum absolute atomic E-state index is 13.3. The molecule has 6 nitrogen and oxygen atoms in total. The molecule has 1 heterocycles. The van der Waals surface area contributed by atoms with Crippen molar-refractivity contribution in [3.8, 4) is 6.07 Å². The monoisotopic (exact) mass is 370 g/mol. The first-order chi connectivity index (χ1) is 12.4. The number of nitriles is 1. The first kappa shape index (κ1) is 17.8.